The molecule has 1 aliphatic heterocycles. The van der Waals surface area contributed by atoms with E-state index in [9.17, 15) is 0 Å². The highest BCUT2D eigenvalue weighted by molar-refractivity contribution is 5.80. The number of nitrogens with zero attached hydrogens (tertiary/aromatic N) is 1. The number of nitrogens with one attached hydrogen (secondary N) is 1. The first kappa shape index (κ1) is 13.6. The second-order valence-corrected chi connectivity index (χ2v) is 6.14. The molecular weight excluding hydrogens is 272 g/mol. The first-order chi connectivity index (χ1) is 10.7. The second kappa shape index (κ2) is 4.97. The minimum Gasteiger partial charge on any atom is -0.367 e. The van der Waals surface area contributed by atoms with Gasteiger partial charge in [0.15, 0.2) is 0 Å². The number of rotatable bonds is 2. The van der Waals surface area contributed by atoms with E-state index in [2.05, 4.69) is 65.5 Å². The summed E-state index contributed by atoms with van der Waals surface area (Å²) in [7, 11) is 3.97. The van der Waals surface area contributed by atoms with E-state index in [0.29, 0.717) is 0 Å². The molecule has 4 rings (SSSR count). The number of aromatic amines is 1. The normalized spacial score (nSPS) is 21.9. The Balaban J connectivity index is 1.95. The number of H-pyrrole nitrogens is 1. The molecule has 22 heavy (non-hydrogen) atoms. The zero-order valence-electron chi connectivity index (χ0n) is 13.0. The van der Waals surface area contributed by atoms with Crippen LogP contribution in [0.4, 0.5) is 0 Å². The fourth-order valence-electron chi connectivity index (χ4n) is 3.71. The van der Waals surface area contributed by atoms with Gasteiger partial charge in [0.05, 0.1) is 0 Å². The minimum absolute atomic E-state index is 0.408. The number of methoxy groups -OCH3 is 1. The lowest BCUT2D eigenvalue weighted by Gasteiger charge is -2.42. The van der Waals surface area contributed by atoms with Crippen molar-refractivity contribution in [3.63, 3.8) is 0 Å². The lowest BCUT2D eigenvalue weighted by molar-refractivity contribution is -0.0153. The lowest BCUT2D eigenvalue weighted by Crippen LogP contribution is -2.46. The third kappa shape index (κ3) is 1.90. The van der Waals surface area contributed by atoms with Crippen molar-refractivity contribution in [3.05, 3.63) is 71.4 Å². The minimum atomic E-state index is -0.408. The Morgan fingerprint density at radius 2 is 2.00 bits per heavy atom. The molecule has 0 aliphatic carbocycles. The van der Waals surface area contributed by atoms with Crippen molar-refractivity contribution in [2.24, 2.45) is 0 Å². The molecule has 0 saturated carbocycles. The van der Waals surface area contributed by atoms with Crippen molar-refractivity contribution < 1.29 is 4.74 Å². The van der Waals surface area contributed by atoms with Gasteiger partial charge in [-0.15, -0.1) is 0 Å². The molecule has 0 amide bonds. The van der Waals surface area contributed by atoms with Crippen molar-refractivity contribution in [2.75, 3.05) is 20.7 Å². The van der Waals surface area contributed by atoms with Gasteiger partial charge in [0.25, 0.3) is 0 Å². The van der Waals surface area contributed by atoms with Gasteiger partial charge >= 0.3 is 0 Å². The number of benzene rings is 2. The van der Waals surface area contributed by atoms with Gasteiger partial charge in [-0.25, -0.2) is 0 Å². The summed E-state index contributed by atoms with van der Waals surface area (Å²) in [4.78, 5) is 5.58. The van der Waals surface area contributed by atoms with Gasteiger partial charge in [-0.2, -0.15) is 0 Å². The number of likely N-dealkylation sites (N-methyl/N-ethyl adjacent to an activating group) is 1. The Bertz CT molecular complexity index is 823. The quantitative estimate of drug-likeness (QED) is 0.783. The number of hydrogen-bond acceptors (Lipinski definition) is 2. The summed E-state index contributed by atoms with van der Waals surface area (Å²) in [5.74, 6) is 0. The molecule has 3 heteroatoms. The molecule has 1 aromatic heterocycles. The Labute approximate surface area is 130 Å². The molecular formula is C19H20N2O. The summed E-state index contributed by atoms with van der Waals surface area (Å²) in [5, 5.41) is 1.22. The fourth-order valence-corrected chi connectivity index (χ4v) is 3.71. The second-order valence-electron chi connectivity index (χ2n) is 6.14. The van der Waals surface area contributed by atoms with Crippen molar-refractivity contribution in [3.8, 4) is 0 Å². The van der Waals surface area contributed by atoms with Crippen LogP contribution in [-0.2, 0) is 16.9 Å². The summed E-state index contributed by atoms with van der Waals surface area (Å²) < 4.78 is 6.14. The van der Waals surface area contributed by atoms with Crippen LogP contribution in [0, 0.1) is 0 Å². The Hall–Kier alpha value is -2.10. The van der Waals surface area contributed by atoms with Crippen molar-refractivity contribution in [2.45, 2.75) is 12.1 Å². The first-order valence-corrected chi connectivity index (χ1v) is 7.63. The molecule has 3 aromatic rings. The van der Waals surface area contributed by atoms with Gasteiger partial charge < -0.3 is 9.72 Å². The van der Waals surface area contributed by atoms with E-state index in [1.54, 1.807) is 0 Å². The summed E-state index contributed by atoms with van der Waals surface area (Å²) in [5.41, 5.74) is 4.58. The highest BCUT2D eigenvalue weighted by atomic mass is 16.5. The fraction of sp³-hybridized carbons (Fsp3) is 0.263. The molecule has 0 spiro atoms. The van der Waals surface area contributed by atoms with Crippen LogP contribution in [-0.4, -0.2) is 30.6 Å². The largest absolute Gasteiger partial charge is 0.367 e. The lowest BCUT2D eigenvalue weighted by atomic mass is 9.80. The summed E-state index contributed by atoms with van der Waals surface area (Å²) in [6.07, 6.45) is 1.98. The zero-order valence-corrected chi connectivity index (χ0v) is 13.0. The monoisotopic (exact) mass is 292 g/mol. The highest BCUT2D eigenvalue weighted by Gasteiger charge is 2.40. The smallest absolute Gasteiger partial charge is 0.131 e. The molecule has 1 atom stereocenters. The van der Waals surface area contributed by atoms with Crippen LogP contribution in [0.5, 0.6) is 0 Å². The van der Waals surface area contributed by atoms with E-state index in [-0.39, 0.29) is 0 Å². The number of hydrogen-bond donors (Lipinski definition) is 1. The average molecular weight is 292 g/mol. The van der Waals surface area contributed by atoms with Gasteiger partial charge in [0.1, 0.15) is 5.60 Å². The van der Waals surface area contributed by atoms with Crippen LogP contribution in [0.15, 0.2) is 54.7 Å². The molecule has 3 nitrogen and oxygen atoms in total. The van der Waals surface area contributed by atoms with Crippen LogP contribution in [0.3, 0.4) is 0 Å². The summed E-state index contributed by atoms with van der Waals surface area (Å²) >= 11 is 0. The van der Waals surface area contributed by atoms with E-state index >= 15 is 0 Å². The molecule has 0 bridgehead atoms. The number of fused-ring (bicyclic) bond motifs is 2. The first-order valence-electron chi connectivity index (χ1n) is 7.63. The van der Waals surface area contributed by atoms with Crippen LogP contribution >= 0.6 is 0 Å². The predicted octanol–water partition coefficient (Wildman–Crippen LogP) is 3.50. The van der Waals surface area contributed by atoms with E-state index < -0.39 is 5.60 Å². The molecule has 2 heterocycles. The Morgan fingerprint density at radius 1 is 1.14 bits per heavy atom. The summed E-state index contributed by atoms with van der Waals surface area (Å²) in [6.45, 7) is 1.82. The standard InChI is InChI=1S/C19H20N2O/c1-21-12-15-5-3-4-6-17(15)19(13-21,22-2)16-7-8-18-14(11-16)9-10-20-18/h3-11,20H,12-13H2,1-2H3. The molecule has 1 aliphatic rings. The Kier molecular flexibility index (Phi) is 3.06. The number of ether oxygens (including phenoxy) is 1. The SMILES string of the molecule is COC1(c2ccc3[nH]ccc3c2)CN(C)Cc2ccccc21. The zero-order chi connectivity index (χ0) is 15.2. The molecule has 0 radical (unpaired) electrons. The van der Waals surface area contributed by atoms with Crippen molar-refractivity contribution in [1.82, 2.24) is 9.88 Å². The molecule has 0 fully saturated rings. The van der Waals surface area contributed by atoms with E-state index in [1.165, 1.54) is 22.1 Å². The Morgan fingerprint density at radius 3 is 2.86 bits per heavy atom. The number of aromatic nitrogens is 1. The van der Waals surface area contributed by atoms with Crippen LogP contribution in [0.2, 0.25) is 0 Å². The maximum absolute atomic E-state index is 6.14. The molecule has 112 valence electrons. The third-order valence-corrected chi connectivity index (χ3v) is 4.75. The van der Waals surface area contributed by atoms with Gasteiger partial charge in [-0.05, 0) is 47.3 Å². The summed E-state index contributed by atoms with van der Waals surface area (Å²) in [6, 6.07) is 17.3. The predicted molar refractivity (Wildman–Crippen MR) is 88.9 cm³/mol. The van der Waals surface area contributed by atoms with Crippen LogP contribution in [0.1, 0.15) is 16.7 Å². The molecule has 2 aromatic carbocycles. The van der Waals surface area contributed by atoms with Crippen LogP contribution < -0.4 is 0 Å². The van der Waals surface area contributed by atoms with Gasteiger partial charge in [-0.3, -0.25) is 4.90 Å². The average Bonchev–Trinajstić information content (AvgIpc) is 3.01. The van der Waals surface area contributed by atoms with E-state index in [0.717, 1.165) is 18.6 Å². The van der Waals surface area contributed by atoms with Crippen molar-refractivity contribution in [1.29, 1.82) is 0 Å². The van der Waals surface area contributed by atoms with Crippen molar-refractivity contribution >= 4 is 10.9 Å². The third-order valence-electron chi connectivity index (χ3n) is 4.75. The van der Waals surface area contributed by atoms with E-state index in [1.807, 2.05) is 13.3 Å². The molecule has 0 saturated heterocycles. The van der Waals surface area contributed by atoms with Gasteiger partial charge in [0, 0.05) is 31.9 Å². The van der Waals surface area contributed by atoms with Gasteiger partial charge in [-0.1, -0.05) is 30.3 Å². The van der Waals surface area contributed by atoms with Crippen LogP contribution in [0.25, 0.3) is 10.9 Å². The maximum Gasteiger partial charge on any atom is 0.131 e. The highest BCUT2D eigenvalue weighted by Crippen LogP contribution is 2.40. The molecule has 1 N–H and O–H groups in total. The van der Waals surface area contributed by atoms with E-state index in [4.69, 9.17) is 4.74 Å². The molecule has 1 unspecified atom stereocenters. The maximum atomic E-state index is 6.14. The topological polar surface area (TPSA) is 28.3 Å². The van der Waals surface area contributed by atoms with Gasteiger partial charge in [0.2, 0.25) is 0 Å².